The number of urea groups is 1. The summed E-state index contributed by atoms with van der Waals surface area (Å²) in [6, 6.07) is 7.74. The predicted molar refractivity (Wildman–Crippen MR) is 91.9 cm³/mol. The number of rotatable bonds is 2. The molecule has 1 aliphatic carbocycles. The highest BCUT2D eigenvalue weighted by atomic mass is 16.2. The van der Waals surface area contributed by atoms with Gasteiger partial charge in [0.2, 0.25) is 5.91 Å². The summed E-state index contributed by atoms with van der Waals surface area (Å²) in [6.07, 6.45) is 4.24. The lowest BCUT2D eigenvalue weighted by Crippen LogP contribution is -2.52. The highest BCUT2D eigenvalue weighted by Crippen LogP contribution is 2.44. The molecule has 6 nitrogen and oxygen atoms in total. The molecule has 0 radical (unpaired) electrons. The first-order valence-corrected chi connectivity index (χ1v) is 8.95. The van der Waals surface area contributed by atoms with Crippen molar-refractivity contribution in [3.63, 3.8) is 0 Å². The zero-order valence-corrected chi connectivity index (χ0v) is 14.4. The third-order valence-corrected chi connectivity index (χ3v) is 6.01. The Morgan fingerprint density at radius 3 is 2.56 bits per heavy atom. The van der Waals surface area contributed by atoms with E-state index < -0.39 is 17.0 Å². The van der Waals surface area contributed by atoms with Crippen LogP contribution in [0.4, 0.5) is 4.79 Å². The van der Waals surface area contributed by atoms with E-state index >= 15 is 0 Å². The third kappa shape index (κ3) is 2.42. The number of carbonyl (C=O) groups is 3. The monoisotopic (exact) mass is 341 g/mol. The van der Waals surface area contributed by atoms with Crippen molar-refractivity contribution in [3.05, 3.63) is 35.4 Å². The lowest BCUT2D eigenvalue weighted by molar-refractivity contribution is -0.136. The molecule has 1 saturated carbocycles. The van der Waals surface area contributed by atoms with Gasteiger partial charge in [-0.25, -0.2) is 4.79 Å². The van der Waals surface area contributed by atoms with E-state index in [4.69, 9.17) is 0 Å². The average Bonchev–Trinajstić information content (AvgIpc) is 3.28. The zero-order valence-electron chi connectivity index (χ0n) is 14.4. The van der Waals surface area contributed by atoms with Crippen LogP contribution in [-0.2, 0) is 15.0 Å². The van der Waals surface area contributed by atoms with E-state index in [0.29, 0.717) is 13.0 Å². The third-order valence-electron chi connectivity index (χ3n) is 6.01. The number of benzene rings is 1. The first-order chi connectivity index (χ1) is 12.0. The molecule has 4 rings (SSSR count). The summed E-state index contributed by atoms with van der Waals surface area (Å²) in [6.45, 7) is 2.80. The second-order valence-electron chi connectivity index (χ2n) is 7.63. The second-order valence-corrected chi connectivity index (χ2v) is 7.63. The van der Waals surface area contributed by atoms with E-state index in [2.05, 4.69) is 16.7 Å². The molecule has 1 atom stereocenters. The molecule has 0 unspecified atom stereocenters. The largest absolute Gasteiger partial charge is 0.339 e. The summed E-state index contributed by atoms with van der Waals surface area (Å²) in [7, 11) is 0. The second kappa shape index (κ2) is 5.58. The van der Waals surface area contributed by atoms with Crippen LogP contribution in [0.15, 0.2) is 24.3 Å². The van der Waals surface area contributed by atoms with Crippen molar-refractivity contribution in [2.45, 2.75) is 50.0 Å². The van der Waals surface area contributed by atoms with E-state index in [1.54, 1.807) is 4.90 Å². The Balaban J connectivity index is 1.63. The number of hydrogen-bond donors (Lipinski definition) is 2. The number of carbonyl (C=O) groups excluding carboxylic acids is 3. The van der Waals surface area contributed by atoms with E-state index in [1.165, 1.54) is 0 Å². The fourth-order valence-electron chi connectivity index (χ4n) is 4.65. The predicted octanol–water partition coefficient (Wildman–Crippen LogP) is 1.62. The van der Waals surface area contributed by atoms with E-state index in [-0.39, 0.29) is 18.4 Å². The maximum Gasteiger partial charge on any atom is 0.322 e. The molecule has 6 heteroatoms. The lowest BCUT2D eigenvalue weighted by atomic mass is 9.77. The Kier molecular flexibility index (Phi) is 3.60. The molecule has 1 aromatic carbocycles. The van der Waals surface area contributed by atoms with Gasteiger partial charge >= 0.3 is 6.03 Å². The lowest BCUT2D eigenvalue weighted by Gasteiger charge is -2.33. The number of nitrogens with one attached hydrogen (secondary N) is 2. The Hall–Kier alpha value is -2.37. The number of hydrogen-bond acceptors (Lipinski definition) is 3. The molecule has 1 spiro atoms. The van der Waals surface area contributed by atoms with E-state index in [0.717, 1.165) is 36.8 Å². The van der Waals surface area contributed by atoms with Gasteiger partial charge in [0.15, 0.2) is 0 Å². The molecule has 0 bridgehead atoms. The van der Waals surface area contributed by atoms with Crippen LogP contribution in [0.1, 0.15) is 43.2 Å². The molecule has 3 fully saturated rings. The molecule has 25 heavy (non-hydrogen) atoms. The van der Waals surface area contributed by atoms with Crippen LogP contribution in [-0.4, -0.2) is 41.4 Å². The first-order valence-electron chi connectivity index (χ1n) is 8.95. The fraction of sp³-hybridized carbons (Fsp3) is 0.526. The normalized spacial score (nSPS) is 27.6. The average molecular weight is 341 g/mol. The van der Waals surface area contributed by atoms with Crippen molar-refractivity contribution in [1.29, 1.82) is 0 Å². The zero-order chi connectivity index (χ0) is 17.7. The standard InChI is InChI=1S/C19H23N3O3/c1-13-5-4-6-14(11-13)18(7-2-3-8-18)16(24)22-10-9-19(12-22)15(23)20-17(25)21-19/h4-6,11H,2-3,7-10,12H2,1H3,(H2,20,21,23,25)/t19-/m0/s1. The van der Waals surface area contributed by atoms with Crippen molar-refractivity contribution in [2.24, 2.45) is 0 Å². The number of nitrogens with zero attached hydrogens (tertiary/aromatic N) is 1. The molecule has 4 amide bonds. The molecule has 2 saturated heterocycles. The van der Waals surface area contributed by atoms with Gasteiger partial charge in [-0.2, -0.15) is 0 Å². The molecular weight excluding hydrogens is 318 g/mol. The van der Waals surface area contributed by atoms with Crippen LogP contribution in [0.5, 0.6) is 0 Å². The number of amides is 4. The molecule has 2 heterocycles. The van der Waals surface area contributed by atoms with Crippen molar-refractivity contribution >= 4 is 17.8 Å². The summed E-state index contributed by atoms with van der Waals surface area (Å²) in [5.41, 5.74) is 0.795. The van der Waals surface area contributed by atoms with Crippen molar-refractivity contribution in [2.75, 3.05) is 13.1 Å². The summed E-state index contributed by atoms with van der Waals surface area (Å²) in [5.74, 6) is -0.217. The van der Waals surface area contributed by atoms with Crippen molar-refractivity contribution in [1.82, 2.24) is 15.5 Å². The first kappa shape index (κ1) is 16.1. The Morgan fingerprint density at radius 2 is 1.92 bits per heavy atom. The molecule has 2 aliphatic heterocycles. The smallest absolute Gasteiger partial charge is 0.322 e. The van der Waals surface area contributed by atoms with Gasteiger partial charge in [0.25, 0.3) is 5.91 Å². The van der Waals surface area contributed by atoms with Gasteiger partial charge in [-0.1, -0.05) is 42.7 Å². The number of likely N-dealkylation sites (tertiary alicyclic amines) is 1. The number of imide groups is 1. The molecule has 1 aromatic rings. The van der Waals surface area contributed by atoms with Gasteiger partial charge in [-0.15, -0.1) is 0 Å². The van der Waals surface area contributed by atoms with Crippen LogP contribution in [0.2, 0.25) is 0 Å². The highest BCUT2D eigenvalue weighted by molar-refractivity contribution is 6.08. The Labute approximate surface area is 147 Å². The molecule has 3 aliphatic rings. The SMILES string of the molecule is Cc1cccc(C2(C(=O)N3CC[C@@]4(C3)NC(=O)NC4=O)CCCC2)c1. The van der Waals surface area contributed by atoms with Crippen LogP contribution in [0.3, 0.4) is 0 Å². The van der Waals surface area contributed by atoms with Crippen LogP contribution in [0.25, 0.3) is 0 Å². The van der Waals surface area contributed by atoms with Crippen molar-refractivity contribution in [3.8, 4) is 0 Å². The van der Waals surface area contributed by atoms with Gasteiger partial charge in [-0.3, -0.25) is 14.9 Å². The molecule has 132 valence electrons. The summed E-state index contributed by atoms with van der Waals surface area (Å²) in [5, 5.41) is 5.02. The van der Waals surface area contributed by atoms with Crippen molar-refractivity contribution < 1.29 is 14.4 Å². The van der Waals surface area contributed by atoms with Gasteiger partial charge < -0.3 is 10.2 Å². The van der Waals surface area contributed by atoms with Crippen LogP contribution in [0, 0.1) is 6.92 Å². The minimum atomic E-state index is -0.945. The van der Waals surface area contributed by atoms with Crippen LogP contribution < -0.4 is 10.6 Å². The molecule has 0 aromatic heterocycles. The summed E-state index contributed by atoms with van der Waals surface area (Å²) >= 11 is 0. The van der Waals surface area contributed by atoms with Crippen LogP contribution >= 0.6 is 0 Å². The topological polar surface area (TPSA) is 78.5 Å². The maximum absolute atomic E-state index is 13.5. The van der Waals surface area contributed by atoms with Gasteiger partial charge in [0.05, 0.1) is 12.0 Å². The van der Waals surface area contributed by atoms with Gasteiger partial charge in [0, 0.05) is 6.54 Å². The van der Waals surface area contributed by atoms with Gasteiger partial charge in [-0.05, 0) is 31.7 Å². The highest BCUT2D eigenvalue weighted by Gasteiger charge is 2.54. The Morgan fingerprint density at radius 1 is 1.16 bits per heavy atom. The fourth-order valence-corrected chi connectivity index (χ4v) is 4.65. The molecule has 2 N–H and O–H groups in total. The van der Waals surface area contributed by atoms with Gasteiger partial charge in [0.1, 0.15) is 5.54 Å². The minimum Gasteiger partial charge on any atom is -0.339 e. The maximum atomic E-state index is 13.5. The Bertz CT molecular complexity index is 754. The van der Waals surface area contributed by atoms with E-state index in [9.17, 15) is 14.4 Å². The minimum absolute atomic E-state index is 0.0985. The molecular formula is C19H23N3O3. The number of aryl methyl sites for hydroxylation is 1. The van der Waals surface area contributed by atoms with E-state index in [1.807, 2.05) is 25.1 Å². The quantitative estimate of drug-likeness (QED) is 0.803. The summed E-state index contributed by atoms with van der Waals surface area (Å²) in [4.78, 5) is 39.0. The summed E-state index contributed by atoms with van der Waals surface area (Å²) < 4.78 is 0.